The Morgan fingerprint density at radius 3 is 2.55 bits per heavy atom. The summed E-state index contributed by atoms with van der Waals surface area (Å²) in [5, 5.41) is 3.43. The van der Waals surface area contributed by atoms with Gasteiger partial charge in [0.05, 0.1) is 12.6 Å². The van der Waals surface area contributed by atoms with Crippen molar-refractivity contribution in [2.75, 3.05) is 52.4 Å². The summed E-state index contributed by atoms with van der Waals surface area (Å²) in [5.41, 5.74) is 0. The van der Waals surface area contributed by atoms with E-state index in [1.165, 1.54) is 32.1 Å². The van der Waals surface area contributed by atoms with Gasteiger partial charge in [-0.05, 0) is 57.5 Å². The summed E-state index contributed by atoms with van der Waals surface area (Å²) < 4.78 is 5.80. The summed E-state index contributed by atoms with van der Waals surface area (Å²) in [6, 6.07) is 0. The van der Waals surface area contributed by atoms with Crippen LogP contribution in [0.25, 0.3) is 0 Å². The molecule has 3 rings (SSSR count). The molecule has 1 N–H and O–H groups in total. The maximum atomic E-state index is 12.5. The second kappa shape index (κ2) is 8.27. The Labute approximate surface area is 134 Å². The molecule has 3 fully saturated rings. The SMILES string of the molecule is O=C(CN(CC1CCNCC1)CC1CCCO1)N1CCCC1. The number of carbonyl (C=O) groups excluding carboxylic acids is 1. The summed E-state index contributed by atoms with van der Waals surface area (Å²) in [4.78, 5) is 16.9. The summed E-state index contributed by atoms with van der Waals surface area (Å²) in [7, 11) is 0. The molecule has 0 saturated carbocycles. The highest BCUT2D eigenvalue weighted by Gasteiger charge is 2.26. The third-order valence-electron chi connectivity index (χ3n) is 5.28. The lowest BCUT2D eigenvalue weighted by atomic mass is 9.97. The van der Waals surface area contributed by atoms with E-state index < -0.39 is 0 Å². The fourth-order valence-corrected chi connectivity index (χ4v) is 3.97. The van der Waals surface area contributed by atoms with Crippen LogP contribution >= 0.6 is 0 Å². The van der Waals surface area contributed by atoms with Crippen molar-refractivity contribution < 1.29 is 9.53 Å². The number of amides is 1. The summed E-state index contributed by atoms with van der Waals surface area (Å²) in [6.45, 7) is 7.64. The zero-order chi connectivity index (χ0) is 15.2. The fraction of sp³-hybridized carbons (Fsp3) is 0.941. The predicted molar refractivity (Wildman–Crippen MR) is 86.8 cm³/mol. The third-order valence-corrected chi connectivity index (χ3v) is 5.28. The monoisotopic (exact) mass is 309 g/mol. The van der Waals surface area contributed by atoms with Crippen molar-refractivity contribution in [2.45, 2.75) is 44.6 Å². The summed E-state index contributed by atoms with van der Waals surface area (Å²) in [6.07, 6.45) is 7.48. The molecule has 5 nitrogen and oxygen atoms in total. The molecular weight excluding hydrogens is 278 g/mol. The van der Waals surface area contributed by atoms with Crippen LogP contribution in [0.3, 0.4) is 0 Å². The number of nitrogens with one attached hydrogen (secondary N) is 1. The Kier molecular flexibility index (Phi) is 6.10. The molecule has 0 spiro atoms. The van der Waals surface area contributed by atoms with Gasteiger partial charge in [-0.1, -0.05) is 0 Å². The number of hydrogen-bond acceptors (Lipinski definition) is 4. The van der Waals surface area contributed by atoms with Gasteiger partial charge in [0.15, 0.2) is 0 Å². The maximum absolute atomic E-state index is 12.5. The van der Waals surface area contributed by atoms with Gasteiger partial charge in [0.25, 0.3) is 0 Å². The van der Waals surface area contributed by atoms with E-state index in [1.54, 1.807) is 0 Å². The van der Waals surface area contributed by atoms with Crippen LogP contribution < -0.4 is 5.32 Å². The molecule has 0 bridgehead atoms. The van der Waals surface area contributed by atoms with E-state index >= 15 is 0 Å². The standard InChI is InChI=1S/C17H31N3O2/c21-17(20-9-1-2-10-20)14-19(13-16-4-3-11-22-16)12-15-5-7-18-8-6-15/h15-16,18H,1-14H2. The topological polar surface area (TPSA) is 44.8 Å². The van der Waals surface area contributed by atoms with Crippen LogP contribution in [0.5, 0.6) is 0 Å². The van der Waals surface area contributed by atoms with Gasteiger partial charge in [0.2, 0.25) is 5.91 Å². The number of hydrogen-bond donors (Lipinski definition) is 1. The van der Waals surface area contributed by atoms with Crippen LogP contribution in [0, 0.1) is 5.92 Å². The van der Waals surface area contributed by atoms with E-state index in [4.69, 9.17) is 4.74 Å². The molecule has 0 aliphatic carbocycles. The molecule has 0 radical (unpaired) electrons. The van der Waals surface area contributed by atoms with Gasteiger partial charge in [-0.15, -0.1) is 0 Å². The highest BCUT2D eigenvalue weighted by molar-refractivity contribution is 5.78. The highest BCUT2D eigenvalue weighted by atomic mass is 16.5. The lowest BCUT2D eigenvalue weighted by Crippen LogP contribution is -2.45. The lowest BCUT2D eigenvalue weighted by molar-refractivity contribution is -0.131. The molecule has 3 aliphatic heterocycles. The Balaban J connectivity index is 1.52. The van der Waals surface area contributed by atoms with Gasteiger partial charge in [-0.25, -0.2) is 0 Å². The zero-order valence-corrected chi connectivity index (χ0v) is 13.8. The molecule has 3 saturated heterocycles. The molecule has 1 amide bonds. The normalized spacial score (nSPS) is 27.0. The molecular formula is C17H31N3O2. The van der Waals surface area contributed by atoms with E-state index in [0.717, 1.165) is 58.2 Å². The van der Waals surface area contributed by atoms with Gasteiger partial charge in [0.1, 0.15) is 0 Å². The Morgan fingerprint density at radius 1 is 1.09 bits per heavy atom. The number of piperidine rings is 1. The second-order valence-corrected chi connectivity index (χ2v) is 7.11. The first-order valence-electron chi connectivity index (χ1n) is 9.14. The minimum Gasteiger partial charge on any atom is -0.377 e. The summed E-state index contributed by atoms with van der Waals surface area (Å²) in [5.74, 6) is 1.05. The van der Waals surface area contributed by atoms with Crippen LogP contribution in [0.2, 0.25) is 0 Å². The van der Waals surface area contributed by atoms with E-state index in [-0.39, 0.29) is 0 Å². The number of ether oxygens (including phenoxy) is 1. The molecule has 1 unspecified atom stereocenters. The van der Waals surface area contributed by atoms with Crippen molar-refractivity contribution in [3.05, 3.63) is 0 Å². The Bertz CT molecular complexity index is 346. The van der Waals surface area contributed by atoms with Crippen molar-refractivity contribution >= 4 is 5.91 Å². The summed E-state index contributed by atoms with van der Waals surface area (Å²) >= 11 is 0. The molecule has 22 heavy (non-hydrogen) atoms. The average Bonchev–Trinajstić information content (AvgIpc) is 3.21. The van der Waals surface area contributed by atoms with Crippen molar-refractivity contribution in [1.82, 2.24) is 15.1 Å². The van der Waals surface area contributed by atoms with Crippen LogP contribution in [0.15, 0.2) is 0 Å². The van der Waals surface area contributed by atoms with E-state index in [0.29, 0.717) is 18.6 Å². The molecule has 3 heterocycles. The van der Waals surface area contributed by atoms with Gasteiger partial charge in [-0.2, -0.15) is 0 Å². The van der Waals surface area contributed by atoms with Crippen LogP contribution in [0.1, 0.15) is 38.5 Å². The van der Waals surface area contributed by atoms with Crippen LogP contribution in [0.4, 0.5) is 0 Å². The van der Waals surface area contributed by atoms with Crippen molar-refractivity contribution in [3.8, 4) is 0 Å². The molecule has 0 aromatic rings. The van der Waals surface area contributed by atoms with Gasteiger partial charge < -0.3 is 15.0 Å². The Hall–Kier alpha value is -0.650. The van der Waals surface area contributed by atoms with Gasteiger partial charge in [0, 0.05) is 32.8 Å². The lowest BCUT2D eigenvalue weighted by Gasteiger charge is -2.32. The third kappa shape index (κ3) is 4.67. The quantitative estimate of drug-likeness (QED) is 0.798. The molecule has 3 aliphatic rings. The first kappa shape index (κ1) is 16.2. The number of likely N-dealkylation sites (tertiary alicyclic amines) is 1. The zero-order valence-electron chi connectivity index (χ0n) is 13.8. The molecule has 0 aromatic carbocycles. The van der Waals surface area contributed by atoms with Crippen LogP contribution in [-0.4, -0.2) is 74.2 Å². The van der Waals surface area contributed by atoms with Gasteiger partial charge >= 0.3 is 0 Å². The number of carbonyl (C=O) groups is 1. The largest absolute Gasteiger partial charge is 0.377 e. The van der Waals surface area contributed by atoms with E-state index in [1.807, 2.05) is 4.90 Å². The van der Waals surface area contributed by atoms with Crippen molar-refractivity contribution in [1.29, 1.82) is 0 Å². The average molecular weight is 309 g/mol. The van der Waals surface area contributed by atoms with Crippen molar-refractivity contribution in [2.24, 2.45) is 5.92 Å². The van der Waals surface area contributed by atoms with E-state index in [2.05, 4.69) is 10.2 Å². The predicted octanol–water partition coefficient (Wildman–Crippen LogP) is 1.09. The second-order valence-electron chi connectivity index (χ2n) is 7.11. The molecule has 126 valence electrons. The Morgan fingerprint density at radius 2 is 1.86 bits per heavy atom. The number of rotatable bonds is 6. The van der Waals surface area contributed by atoms with Crippen molar-refractivity contribution in [3.63, 3.8) is 0 Å². The molecule has 1 atom stereocenters. The fourth-order valence-electron chi connectivity index (χ4n) is 3.97. The van der Waals surface area contributed by atoms with E-state index in [9.17, 15) is 4.79 Å². The van der Waals surface area contributed by atoms with Crippen LogP contribution in [-0.2, 0) is 9.53 Å². The first-order chi connectivity index (χ1) is 10.8. The minimum absolute atomic E-state index is 0.324. The highest BCUT2D eigenvalue weighted by Crippen LogP contribution is 2.18. The first-order valence-corrected chi connectivity index (χ1v) is 9.14. The maximum Gasteiger partial charge on any atom is 0.236 e. The molecule has 0 aromatic heterocycles. The van der Waals surface area contributed by atoms with Gasteiger partial charge in [-0.3, -0.25) is 9.69 Å². The molecule has 5 heteroatoms. The number of nitrogens with zero attached hydrogens (tertiary/aromatic N) is 2. The smallest absolute Gasteiger partial charge is 0.236 e. The minimum atomic E-state index is 0.324.